The monoisotopic (exact) mass is 400 g/mol. The quantitative estimate of drug-likeness (QED) is 0.450. The number of rotatable bonds is 7. The fraction of sp³-hybridized carbons (Fsp3) is 0.200. The van der Waals surface area contributed by atoms with E-state index in [0.717, 1.165) is 52.1 Å². The van der Waals surface area contributed by atoms with Crippen molar-refractivity contribution in [2.45, 2.75) is 26.3 Å². The minimum Gasteiger partial charge on any atom is -0.494 e. The van der Waals surface area contributed by atoms with Gasteiger partial charge < -0.3 is 14.4 Å². The minimum absolute atomic E-state index is 0.309. The molecule has 30 heavy (non-hydrogen) atoms. The van der Waals surface area contributed by atoms with Crippen molar-refractivity contribution in [3.63, 3.8) is 0 Å². The van der Waals surface area contributed by atoms with Crippen molar-refractivity contribution in [3.05, 3.63) is 83.7 Å². The molecule has 0 saturated heterocycles. The molecule has 152 valence electrons. The van der Waals surface area contributed by atoms with Crippen LogP contribution in [0.25, 0.3) is 22.2 Å². The van der Waals surface area contributed by atoms with Crippen LogP contribution in [0.15, 0.2) is 66.7 Å². The molecule has 4 rings (SSSR count). The van der Waals surface area contributed by atoms with E-state index in [-0.39, 0.29) is 0 Å². The lowest BCUT2D eigenvalue weighted by Crippen LogP contribution is -2.05. The van der Waals surface area contributed by atoms with E-state index in [1.54, 1.807) is 19.2 Å². The van der Waals surface area contributed by atoms with Gasteiger partial charge in [-0.2, -0.15) is 0 Å². The zero-order valence-corrected chi connectivity index (χ0v) is 17.1. The Kier molecular flexibility index (Phi) is 5.53. The molecule has 0 spiro atoms. The Hall–Kier alpha value is -3.60. The number of hydrogen-bond donors (Lipinski definition) is 1. The first kappa shape index (κ1) is 19.7. The van der Waals surface area contributed by atoms with Gasteiger partial charge in [-0.1, -0.05) is 55.5 Å². The summed E-state index contributed by atoms with van der Waals surface area (Å²) >= 11 is 0. The molecule has 0 radical (unpaired) electrons. The maximum Gasteiger partial charge on any atom is 0.336 e. The van der Waals surface area contributed by atoms with Gasteiger partial charge in [-0.05, 0) is 41.3 Å². The number of benzene rings is 3. The molecule has 0 fully saturated rings. The van der Waals surface area contributed by atoms with Crippen LogP contribution in [0.2, 0.25) is 0 Å². The molecule has 1 heterocycles. The molecule has 0 aliphatic heterocycles. The number of hydrogen-bond acceptors (Lipinski definition) is 3. The molecule has 5 heteroatoms. The molecule has 4 aromatic rings. The molecule has 0 bridgehead atoms. The maximum atomic E-state index is 11.5. The maximum absolute atomic E-state index is 11.5. The van der Waals surface area contributed by atoms with Crippen LogP contribution in [-0.4, -0.2) is 27.7 Å². The first-order valence-electron chi connectivity index (χ1n) is 10.1. The molecule has 0 unspecified atom stereocenters. The topological polar surface area (TPSA) is 64.4 Å². The van der Waals surface area contributed by atoms with Crippen LogP contribution in [-0.2, 0) is 13.0 Å². The number of fused-ring (bicyclic) bond motifs is 1. The normalized spacial score (nSPS) is 11.0. The highest BCUT2D eigenvalue weighted by atomic mass is 16.5. The largest absolute Gasteiger partial charge is 0.494 e. The lowest BCUT2D eigenvalue weighted by molar-refractivity contribution is 0.0697. The number of aryl methyl sites for hydroxylation is 1. The molecule has 1 aromatic heterocycles. The summed E-state index contributed by atoms with van der Waals surface area (Å²) in [5.41, 5.74) is 4.99. The summed E-state index contributed by atoms with van der Waals surface area (Å²) in [6, 6.07) is 21.1. The minimum atomic E-state index is -0.919. The van der Waals surface area contributed by atoms with Gasteiger partial charge in [0.2, 0.25) is 0 Å². The summed E-state index contributed by atoms with van der Waals surface area (Å²) in [6.45, 7) is 2.84. The smallest absolute Gasteiger partial charge is 0.336 e. The molecule has 0 atom stereocenters. The number of nitrogens with zero attached hydrogens (tertiary/aromatic N) is 2. The third-order valence-electron chi connectivity index (χ3n) is 5.28. The van der Waals surface area contributed by atoms with Gasteiger partial charge in [0.15, 0.2) is 0 Å². The average molecular weight is 400 g/mol. The second-order valence-electron chi connectivity index (χ2n) is 7.24. The summed E-state index contributed by atoms with van der Waals surface area (Å²) < 4.78 is 7.73. The molecule has 0 amide bonds. The van der Waals surface area contributed by atoms with Crippen LogP contribution in [0.3, 0.4) is 0 Å². The Morgan fingerprint density at radius 3 is 2.50 bits per heavy atom. The third-order valence-corrected chi connectivity index (χ3v) is 5.28. The van der Waals surface area contributed by atoms with Crippen molar-refractivity contribution in [2.24, 2.45) is 0 Å². The number of imidazole rings is 1. The Balaban J connectivity index is 1.70. The zero-order valence-electron chi connectivity index (χ0n) is 17.1. The van der Waals surface area contributed by atoms with E-state index in [2.05, 4.69) is 29.7 Å². The molecule has 0 aliphatic carbocycles. The standard InChI is InChI=1S/C25H24N2O3/c1-3-7-23-26-24-21(10-6-11-22(24)30-2)27(23)16-17-12-14-18(15-13-17)19-8-4-5-9-20(19)25(28)29/h4-6,8-15H,3,7,16H2,1-2H3,(H,28,29). The van der Waals surface area contributed by atoms with E-state index in [4.69, 9.17) is 9.72 Å². The number of aromatic nitrogens is 2. The number of carboxylic acids is 1. The van der Waals surface area contributed by atoms with Crippen molar-refractivity contribution in [3.8, 4) is 16.9 Å². The average Bonchev–Trinajstić information content (AvgIpc) is 3.11. The second kappa shape index (κ2) is 8.41. The SMILES string of the molecule is CCCc1nc2c(OC)cccc2n1Cc1ccc(-c2ccccc2C(=O)O)cc1. The summed E-state index contributed by atoms with van der Waals surface area (Å²) in [5, 5.41) is 9.46. The van der Waals surface area contributed by atoms with Crippen LogP contribution in [0.4, 0.5) is 0 Å². The summed E-state index contributed by atoms with van der Waals surface area (Å²) in [7, 11) is 1.67. The molecule has 3 aromatic carbocycles. The highest BCUT2D eigenvalue weighted by molar-refractivity contribution is 5.96. The highest BCUT2D eigenvalue weighted by Crippen LogP contribution is 2.28. The third kappa shape index (κ3) is 3.66. The van der Waals surface area contributed by atoms with Crippen LogP contribution in [0, 0.1) is 0 Å². The molecular weight excluding hydrogens is 376 g/mol. The molecule has 0 saturated carbocycles. The van der Waals surface area contributed by atoms with E-state index in [0.29, 0.717) is 12.1 Å². The Labute approximate surface area is 175 Å². The van der Waals surface area contributed by atoms with Gasteiger partial charge in [0.05, 0.1) is 18.2 Å². The fourth-order valence-electron chi connectivity index (χ4n) is 3.82. The molecule has 5 nitrogen and oxygen atoms in total. The van der Waals surface area contributed by atoms with Gasteiger partial charge in [-0.3, -0.25) is 0 Å². The molecule has 1 N–H and O–H groups in total. The highest BCUT2D eigenvalue weighted by Gasteiger charge is 2.15. The number of carbonyl (C=O) groups is 1. The van der Waals surface area contributed by atoms with Gasteiger partial charge >= 0.3 is 5.97 Å². The van der Waals surface area contributed by atoms with Crippen molar-refractivity contribution in [2.75, 3.05) is 7.11 Å². The Morgan fingerprint density at radius 1 is 1.03 bits per heavy atom. The zero-order chi connectivity index (χ0) is 21.1. The Bertz CT molecular complexity index is 1190. The predicted molar refractivity (Wildman–Crippen MR) is 118 cm³/mol. The number of para-hydroxylation sites is 1. The molecular formula is C25H24N2O3. The van der Waals surface area contributed by atoms with Gasteiger partial charge in [0.25, 0.3) is 0 Å². The summed E-state index contributed by atoms with van der Waals surface area (Å²) in [6.07, 6.45) is 1.90. The first-order chi connectivity index (χ1) is 14.6. The van der Waals surface area contributed by atoms with Crippen molar-refractivity contribution in [1.29, 1.82) is 0 Å². The second-order valence-corrected chi connectivity index (χ2v) is 7.24. The predicted octanol–water partition coefficient (Wildman–Crippen LogP) is 5.41. The van der Waals surface area contributed by atoms with Crippen LogP contribution in [0.1, 0.15) is 35.1 Å². The van der Waals surface area contributed by atoms with Crippen LogP contribution >= 0.6 is 0 Å². The van der Waals surface area contributed by atoms with Gasteiger partial charge in [0, 0.05) is 13.0 Å². The van der Waals surface area contributed by atoms with Crippen molar-refractivity contribution < 1.29 is 14.6 Å². The summed E-state index contributed by atoms with van der Waals surface area (Å²) in [4.78, 5) is 16.4. The van der Waals surface area contributed by atoms with Gasteiger partial charge in [0.1, 0.15) is 17.1 Å². The van der Waals surface area contributed by atoms with Crippen LogP contribution in [0.5, 0.6) is 5.75 Å². The van der Waals surface area contributed by atoms with Gasteiger partial charge in [-0.25, -0.2) is 9.78 Å². The van der Waals surface area contributed by atoms with Crippen molar-refractivity contribution >= 4 is 17.0 Å². The number of ether oxygens (including phenoxy) is 1. The van der Waals surface area contributed by atoms with E-state index < -0.39 is 5.97 Å². The van der Waals surface area contributed by atoms with E-state index in [9.17, 15) is 9.90 Å². The fourth-order valence-corrected chi connectivity index (χ4v) is 3.82. The van der Waals surface area contributed by atoms with Gasteiger partial charge in [-0.15, -0.1) is 0 Å². The van der Waals surface area contributed by atoms with E-state index in [1.807, 2.05) is 36.4 Å². The first-order valence-corrected chi connectivity index (χ1v) is 10.1. The number of aromatic carboxylic acids is 1. The lowest BCUT2D eigenvalue weighted by Gasteiger charge is -2.11. The van der Waals surface area contributed by atoms with Crippen molar-refractivity contribution in [1.82, 2.24) is 9.55 Å². The Morgan fingerprint density at radius 2 is 1.80 bits per heavy atom. The van der Waals surface area contributed by atoms with Crippen LogP contribution < -0.4 is 4.74 Å². The summed E-state index contributed by atoms with van der Waals surface area (Å²) in [5.74, 6) is 0.902. The molecule has 0 aliphatic rings. The van der Waals surface area contributed by atoms with E-state index >= 15 is 0 Å². The lowest BCUT2D eigenvalue weighted by atomic mass is 9.99. The number of carboxylic acid groups (broad SMARTS) is 1. The van der Waals surface area contributed by atoms with E-state index in [1.165, 1.54) is 0 Å². The number of methoxy groups -OCH3 is 1.